The monoisotopic (exact) mass is 240 g/mol. The van der Waals surface area contributed by atoms with Crippen molar-refractivity contribution in [3.8, 4) is 0 Å². The molecule has 0 saturated heterocycles. The topological polar surface area (TPSA) is 42.2 Å². The highest BCUT2D eigenvalue weighted by atomic mass is 32.2. The van der Waals surface area contributed by atoms with Crippen LogP contribution in [0.1, 0.15) is 6.42 Å². The minimum Gasteiger partial charge on any atom is -0.353 e. The summed E-state index contributed by atoms with van der Waals surface area (Å²) in [7, 11) is 0. The first-order valence-corrected chi connectivity index (χ1v) is 6.44. The van der Waals surface area contributed by atoms with Crippen LogP contribution in [-0.4, -0.2) is 33.2 Å². The van der Waals surface area contributed by atoms with Crippen LogP contribution in [0.5, 0.6) is 0 Å². The van der Waals surface area contributed by atoms with Crippen LogP contribution in [0.25, 0.3) is 5.65 Å². The zero-order valence-corrected chi connectivity index (χ0v) is 9.80. The van der Waals surface area contributed by atoms with E-state index in [0.29, 0.717) is 11.6 Å². The van der Waals surface area contributed by atoms with Crippen LogP contribution >= 0.6 is 11.8 Å². The van der Waals surface area contributed by atoms with E-state index in [-0.39, 0.29) is 5.82 Å². The van der Waals surface area contributed by atoms with Gasteiger partial charge in [0.1, 0.15) is 5.82 Å². The molecular weight excluding hydrogens is 227 g/mol. The van der Waals surface area contributed by atoms with Crippen molar-refractivity contribution < 1.29 is 4.39 Å². The van der Waals surface area contributed by atoms with Gasteiger partial charge in [-0.15, -0.1) is 5.10 Å². The van der Waals surface area contributed by atoms with Crippen LogP contribution < -0.4 is 5.32 Å². The van der Waals surface area contributed by atoms with Gasteiger partial charge in [-0.1, -0.05) is 0 Å². The molecular formula is C10H13FN4S. The lowest BCUT2D eigenvalue weighted by atomic mass is 10.5. The summed E-state index contributed by atoms with van der Waals surface area (Å²) < 4.78 is 14.3. The van der Waals surface area contributed by atoms with Crippen molar-refractivity contribution in [3.05, 3.63) is 24.1 Å². The van der Waals surface area contributed by atoms with Crippen LogP contribution in [0, 0.1) is 5.82 Å². The fourth-order valence-corrected chi connectivity index (χ4v) is 1.78. The third-order valence-corrected chi connectivity index (χ3v) is 2.80. The van der Waals surface area contributed by atoms with Gasteiger partial charge in [0, 0.05) is 6.54 Å². The van der Waals surface area contributed by atoms with Gasteiger partial charge in [-0.3, -0.25) is 0 Å². The minimum atomic E-state index is -0.314. The van der Waals surface area contributed by atoms with E-state index in [0.717, 1.165) is 18.7 Å². The van der Waals surface area contributed by atoms with Crippen molar-refractivity contribution in [1.82, 2.24) is 14.6 Å². The summed E-state index contributed by atoms with van der Waals surface area (Å²) >= 11 is 1.81. The minimum absolute atomic E-state index is 0.314. The van der Waals surface area contributed by atoms with Crippen LogP contribution in [0.4, 0.5) is 10.3 Å². The van der Waals surface area contributed by atoms with Gasteiger partial charge in [0.25, 0.3) is 0 Å². The van der Waals surface area contributed by atoms with Gasteiger partial charge < -0.3 is 5.32 Å². The van der Waals surface area contributed by atoms with E-state index in [9.17, 15) is 4.39 Å². The number of halogens is 1. The first-order chi connectivity index (χ1) is 7.79. The number of hydrogen-bond acceptors (Lipinski definition) is 4. The zero-order chi connectivity index (χ0) is 11.4. The molecule has 0 aliphatic carbocycles. The van der Waals surface area contributed by atoms with Gasteiger partial charge >= 0.3 is 0 Å². The van der Waals surface area contributed by atoms with Crippen LogP contribution in [-0.2, 0) is 0 Å². The summed E-state index contributed by atoms with van der Waals surface area (Å²) in [4.78, 5) is 4.22. The number of rotatable bonds is 5. The van der Waals surface area contributed by atoms with Gasteiger partial charge in [-0.25, -0.2) is 8.91 Å². The number of hydrogen-bond donors (Lipinski definition) is 1. The normalized spacial score (nSPS) is 10.9. The van der Waals surface area contributed by atoms with E-state index in [4.69, 9.17) is 0 Å². The number of thioether (sulfide) groups is 1. The third-order valence-electron chi connectivity index (χ3n) is 2.10. The van der Waals surface area contributed by atoms with Crippen LogP contribution in [0.15, 0.2) is 18.3 Å². The predicted molar refractivity (Wildman–Crippen MR) is 64.4 cm³/mol. The molecule has 0 amide bonds. The number of aromatic nitrogens is 3. The van der Waals surface area contributed by atoms with Crippen LogP contribution in [0.3, 0.4) is 0 Å². The van der Waals surface area contributed by atoms with E-state index in [1.807, 2.05) is 11.8 Å². The highest BCUT2D eigenvalue weighted by Crippen LogP contribution is 2.06. The molecule has 0 radical (unpaired) electrons. The van der Waals surface area contributed by atoms with E-state index in [2.05, 4.69) is 21.7 Å². The SMILES string of the molecule is CSCCCNc1nc2ccc(F)cn2n1. The second-order valence-electron chi connectivity index (χ2n) is 3.36. The number of pyridine rings is 1. The summed E-state index contributed by atoms with van der Waals surface area (Å²) in [5.74, 6) is 1.34. The average Bonchev–Trinajstić information content (AvgIpc) is 2.66. The molecule has 0 fully saturated rings. The smallest absolute Gasteiger partial charge is 0.243 e. The number of anilines is 1. The lowest BCUT2D eigenvalue weighted by molar-refractivity contribution is 0.615. The molecule has 16 heavy (non-hydrogen) atoms. The molecule has 2 heterocycles. The first kappa shape index (κ1) is 11.2. The number of nitrogens with one attached hydrogen (secondary N) is 1. The molecule has 0 spiro atoms. The maximum absolute atomic E-state index is 12.9. The standard InChI is InChI=1S/C10H13FN4S/c1-16-6-2-5-12-10-13-9-4-3-8(11)7-15(9)14-10/h3-4,7H,2,5-6H2,1H3,(H,12,14). The molecule has 1 N–H and O–H groups in total. The molecule has 0 unspecified atom stereocenters. The second kappa shape index (κ2) is 5.16. The molecule has 0 bridgehead atoms. The van der Waals surface area contributed by atoms with Crippen molar-refractivity contribution in [1.29, 1.82) is 0 Å². The number of fused-ring (bicyclic) bond motifs is 1. The van der Waals surface area contributed by atoms with Crippen molar-refractivity contribution in [2.24, 2.45) is 0 Å². The zero-order valence-electron chi connectivity index (χ0n) is 8.98. The molecule has 0 saturated carbocycles. The molecule has 0 aliphatic rings. The third kappa shape index (κ3) is 2.63. The highest BCUT2D eigenvalue weighted by molar-refractivity contribution is 7.98. The summed E-state index contributed by atoms with van der Waals surface area (Å²) in [5.41, 5.74) is 0.647. The summed E-state index contributed by atoms with van der Waals surface area (Å²) in [6.07, 6.45) is 4.45. The van der Waals surface area contributed by atoms with Crippen molar-refractivity contribution in [3.63, 3.8) is 0 Å². The largest absolute Gasteiger partial charge is 0.353 e. The highest BCUT2D eigenvalue weighted by Gasteiger charge is 2.02. The molecule has 6 heteroatoms. The fraction of sp³-hybridized carbons (Fsp3) is 0.400. The second-order valence-corrected chi connectivity index (χ2v) is 4.34. The lowest BCUT2D eigenvalue weighted by Gasteiger charge is -1.98. The van der Waals surface area contributed by atoms with Crippen molar-refractivity contribution in [2.45, 2.75) is 6.42 Å². The molecule has 2 aromatic rings. The van der Waals surface area contributed by atoms with E-state index in [1.54, 1.807) is 6.07 Å². The van der Waals surface area contributed by atoms with Gasteiger partial charge in [-0.2, -0.15) is 16.7 Å². The van der Waals surface area contributed by atoms with Gasteiger partial charge in [-0.05, 0) is 30.6 Å². The Morgan fingerprint density at radius 2 is 2.38 bits per heavy atom. The molecule has 2 aromatic heterocycles. The average molecular weight is 240 g/mol. The Bertz CT molecular complexity index is 471. The first-order valence-electron chi connectivity index (χ1n) is 5.04. The van der Waals surface area contributed by atoms with Crippen molar-refractivity contribution >= 4 is 23.4 Å². The molecule has 4 nitrogen and oxygen atoms in total. The Balaban J connectivity index is 2.02. The van der Waals surface area contributed by atoms with Gasteiger partial charge in [0.05, 0.1) is 6.20 Å². The maximum Gasteiger partial charge on any atom is 0.243 e. The summed E-state index contributed by atoms with van der Waals surface area (Å²) in [6, 6.07) is 2.98. The Kier molecular flexibility index (Phi) is 3.61. The Hall–Kier alpha value is -1.30. The van der Waals surface area contributed by atoms with E-state index < -0.39 is 0 Å². The lowest BCUT2D eigenvalue weighted by Crippen LogP contribution is -2.04. The Morgan fingerprint density at radius 3 is 3.19 bits per heavy atom. The van der Waals surface area contributed by atoms with E-state index in [1.165, 1.54) is 16.8 Å². The Morgan fingerprint density at radius 1 is 1.50 bits per heavy atom. The summed E-state index contributed by atoms with van der Waals surface area (Å²) in [6.45, 7) is 0.834. The predicted octanol–water partition coefficient (Wildman–Crippen LogP) is 2.03. The molecule has 0 aliphatic heterocycles. The molecule has 0 aromatic carbocycles. The van der Waals surface area contributed by atoms with Gasteiger partial charge in [0.15, 0.2) is 5.65 Å². The summed E-state index contributed by atoms with van der Waals surface area (Å²) in [5, 5.41) is 7.23. The van der Waals surface area contributed by atoms with Gasteiger partial charge in [0.2, 0.25) is 5.95 Å². The maximum atomic E-state index is 12.9. The number of nitrogens with zero attached hydrogens (tertiary/aromatic N) is 3. The molecule has 86 valence electrons. The van der Waals surface area contributed by atoms with Crippen LogP contribution in [0.2, 0.25) is 0 Å². The Labute approximate surface area is 97.3 Å². The molecule has 2 rings (SSSR count). The van der Waals surface area contributed by atoms with E-state index >= 15 is 0 Å². The fourth-order valence-electron chi connectivity index (χ4n) is 1.35. The molecule has 0 atom stereocenters. The quantitative estimate of drug-likeness (QED) is 0.812. The van der Waals surface area contributed by atoms with Crippen molar-refractivity contribution in [2.75, 3.05) is 23.9 Å².